The number of benzene rings is 4. The number of likely N-dealkylation sites (tertiary alicyclic amines) is 1. The van der Waals surface area contributed by atoms with E-state index in [1.807, 2.05) is 24.3 Å². The second-order valence-corrected chi connectivity index (χ2v) is 14.3. The summed E-state index contributed by atoms with van der Waals surface area (Å²) in [4.78, 5) is 42.5. The van der Waals surface area contributed by atoms with Crippen LogP contribution >= 0.6 is 12.4 Å². The summed E-state index contributed by atoms with van der Waals surface area (Å²) in [6, 6.07) is 26.1. The molecule has 2 aliphatic rings. The number of amides is 3. The first-order chi connectivity index (χ1) is 29.9. The van der Waals surface area contributed by atoms with Crippen LogP contribution in [0, 0.1) is 23.5 Å². The second-order valence-electron chi connectivity index (χ2n) is 14.3. The van der Waals surface area contributed by atoms with Gasteiger partial charge in [-0.15, -0.1) is 32.8 Å². The molecule has 0 radical (unpaired) electrons. The van der Waals surface area contributed by atoms with Gasteiger partial charge in [0.25, 0.3) is 11.8 Å². The summed E-state index contributed by atoms with van der Waals surface area (Å²) in [5.74, 6) is -4.13. The lowest BCUT2D eigenvalue weighted by Crippen LogP contribution is -2.56. The first-order valence-corrected chi connectivity index (χ1v) is 19.4. The van der Waals surface area contributed by atoms with E-state index in [-0.39, 0.29) is 89.1 Å². The molecule has 63 heavy (non-hydrogen) atoms. The number of carbonyl (C=O) groups excluding carboxylic acids is 3. The Kier molecular flexibility index (Phi) is 15.0. The highest BCUT2D eigenvalue weighted by atomic mass is 35.5. The van der Waals surface area contributed by atoms with Crippen LogP contribution < -0.4 is 15.1 Å². The molecule has 4 aromatic carbocycles. The molecular formula is C43H39ClF6N8O5. The molecule has 6 aromatic rings. The number of nitrogens with one attached hydrogen (secondary N) is 1. The average Bonchev–Trinajstić information content (AvgIpc) is 3.95. The predicted molar refractivity (Wildman–Crippen MR) is 219 cm³/mol. The van der Waals surface area contributed by atoms with Crippen molar-refractivity contribution < 1.29 is 49.6 Å². The van der Waals surface area contributed by atoms with Crippen molar-refractivity contribution in [3.8, 4) is 22.9 Å². The monoisotopic (exact) mass is 896 g/mol. The van der Waals surface area contributed by atoms with Gasteiger partial charge in [-0.25, -0.2) is 8.78 Å². The topological polar surface area (TPSA) is 151 Å². The van der Waals surface area contributed by atoms with Crippen molar-refractivity contribution in [3.63, 3.8) is 0 Å². The van der Waals surface area contributed by atoms with Crippen LogP contribution in [-0.4, -0.2) is 69.2 Å². The Morgan fingerprint density at radius 3 is 1.44 bits per heavy atom. The summed E-state index contributed by atoms with van der Waals surface area (Å²) in [5.41, 5.74) is 2.13. The fraction of sp³-hybridized carbons (Fsp3) is 0.279. The maximum absolute atomic E-state index is 14.9. The number of halogens is 7. The van der Waals surface area contributed by atoms with E-state index in [9.17, 15) is 40.7 Å². The van der Waals surface area contributed by atoms with E-state index in [4.69, 9.17) is 8.83 Å². The van der Waals surface area contributed by atoms with Crippen molar-refractivity contribution in [1.82, 2.24) is 30.6 Å². The summed E-state index contributed by atoms with van der Waals surface area (Å²) < 4.78 is 90.0. The lowest BCUT2D eigenvalue weighted by molar-refractivity contribution is -0.141. The largest absolute Gasteiger partial charge is 0.415 e. The molecule has 8 rings (SSSR count). The second kappa shape index (κ2) is 20.5. The highest BCUT2D eigenvalue weighted by molar-refractivity contribution is 5.97. The number of aromatic nitrogens is 4. The van der Waals surface area contributed by atoms with Gasteiger partial charge in [-0.3, -0.25) is 14.4 Å². The molecule has 2 saturated heterocycles. The Morgan fingerprint density at radius 2 is 1.10 bits per heavy atom. The molecule has 2 fully saturated rings. The molecule has 0 unspecified atom stereocenters. The Bertz CT molecular complexity index is 2500. The number of carbonyl (C=O) groups is 3. The number of anilines is 2. The van der Waals surface area contributed by atoms with Crippen LogP contribution in [0.25, 0.3) is 22.9 Å². The first kappa shape index (κ1) is 45.9. The number of hydrogen-bond donors (Lipinski definition) is 1. The molecule has 0 bridgehead atoms. The highest BCUT2D eigenvalue weighted by Crippen LogP contribution is 2.30. The average molecular weight is 897 g/mol. The Morgan fingerprint density at radius 1 is 0.667 bits per heavy atom. The maximum atomic E-state index is 14.9. The van der Waals surface area contributed by atoms with Crippen molar-refractivity contribution >= 4 is 41.5 Å². The minimum Gasteiger partial charge on any atom is -0.415 e. The van der Waals surface area contributed by atoms with Gasteiger partial charge in [0.15, 0.2) is 0 Å². The van der Waals surface area contributed by atoms with Crippen molar-refractivity contribution in [3.05, 3.63) is 132 Å². The summed E-state index contributed by atoms with van der Waals surface area (Å²) in [6.07, 6.45) is -5.44. The zero-order chi connectivity index (χ0) is 43.9. The number of nitrogens with zero attached hydrogens (tertiary/aromatic N) is 7. The van der Waals surface area contributed by atoms with Gasteiger partial charge in [0.2, 0.25) is 29.5 Å². The van der Waals surface area contributed by atoms with Gasteiger partial charge in [0, 0.05) is 66.2 Å². The molecule has 1 N–H and O–H groups in total. The third-order valence-corrected chi connectivity index (χ3v) is 10.2. The summed E-state index contributed by atoms with van der Waals surface area (Å²) in [5, 5.41) is 16.6. The Labute approximate surface area is 362 Å². The quantitative estimate of drug-likeness (QED) is 0.112. The summed E-state index contributed by atoms with van der Waals surface area (Å²) >= 11 is 0. The fourth-order valence-corrected chi connectivity index (χ4v) is 6.61. The van der Waals surface area contributed by atoms with Gasteiger partial charge in [-0.05, 0) is 48.5 Å². The molecule has 3 amide bonds. The molecule has 2 aromatic heterocycles. The molecule has 2 aliphatic heterocycles. The number of alkyl halides is 4. The number of rotatable bonds is 13. The van der Waals surface area contributed by atoms with Gasteiger partial charge in [0.05, 0.1) is 24.9 Å². The van der Waals surface area contributed by atoms with Crippen LogP contribution in [0.2, 0.25) is 0 Å². The smallest absolute Gasteiger partial charge is 0.314 e. The molecule has 0 atom stereocenters. The lowest BCUT2D eigenvalue weighted by atomic mass is 9.97. The maximum Gasteiger partial charge on any atom is 0.314 e. The van der Waals surface area contributed by atoms with E-state index in [2.05, 4.69) is 25.7 Å². The minimum absolute atomic E-state index is 0. The Balaban J connectivity index is 0.000000208. The van der Waals surface area contributed by atoms with Crippen molar-refractivity contribution in [2.75, 3.05) is 36.0 Å². The molecule has 4 heterocycles. The van der Waals surface area contributed by atoms with E-state index < -0.39 is 36.3 Å². The molecule has 20 heteroatoms. The Hall–Kier alpha value is -6.60. The first-order valence-electron chi connectivity index (χ1n) is 19.4. The summed E-state index contributed by atoms with van der Waals surface area (Å²) in [7, 11) is 0. The zero-order valence-electron chi connectivity index (χ0n) is 33.3. The molecule has 0 aliphatic carbocycles. The zero-order valence-corrected chi connectivity index (χ0v) is 34.2. The minimum atomic E-state index is -2.92. The van der Waals surface area contributed by atoms with Gasteiger partial charge < -0.3 is 28.9 Å². The van der Waals surface area contributed by atoms with Crippen LogP contribution in [0.1, 0.15) is 49.1 Å². The lowest BCUT2D eigenvalue weighted by Gasteiger charge is -2.40. The summed E-state index contributed by atoms with van der Waals surface area (Å²) in [6.45, 7) is 3.61. The van der Waals surface area contributed by atoms with Gasteiger partial charge in [-0.2, -0.15) is 17.6 Å². The standard InChI is InChI=1S/C23H21F3N4O3.C20H17F3N4O2.ClH/c1-2-19(31)29-11-16(12-29)23(32)30(17-6-4-3-5-7-17)13-15-9-8-14(10-18(15)24)21-27-28-22(33-21)20(25)26;21-16-8-12(18-25-26-19(29-18)17(22)23)6-7-13(16)11-27(15-4-2-1-3-5-15)20(28)14-9-24-10-14;/h3-10,16,20H,2,11-13H2,1H3;1-8,14,17,24H,9-11H2;1H. The van der Waals surface area contributed by atoms with Crippen molar-refractivity contribution in [2.45, 2.75) is 39.3 Å². The third kappa shape index (κ3) is 10.7. The van der Waals surface area contributed by atoms with Crippen molar-refractivity contribution in [2.24, 2.45) is 11.8 Å². The van der Waals surface area contributed by atoms with Crippen molar-refractivity contribution in [1.29, 1.82) is 0 Å². The van der Waals surface area contributed by atoms with Gasteiger partial charge in [-0.1, -0.05) is 55.5 Å². The number of hydrogen-bond acceptors (Lipinski definition) is 10. The van der Waals surface area contributed by atoms with E-state index in [1.165, 1.54) is 29.2 Å². The normalized spacial score (nSPS) is 13.7. The van der Waals surface area contributed by atoms with Crippen LogP contribution in [0.3, 0.4) is 0 Å². The van der Waals surface area contributed by atoms with Crippen LogP contribution in [0.4, 0.5) is 37.7 Å². The highest BCUT2D eigenvalue weighted by Gasteiger charge is 2.38. The molecule has 0 saturated carbocycles. The van der Waals surface area contributed by atoms with E-state index in [0.29, 0.717) is 44.0 Å². The fourth-order valence-electron chi connectivity index (χ4n) is 6.61. The number of para-hydroxylation sites is 2. The van der Waals surface area contributed by atoms with Gasteiger partial charge in [0.1, 0.15) is 11.6 Å². The third-order valence-electron chi connectivity index (χ3n) is 10.2. The van der Waals surface area contributed by atoms with E-state index >= 15 is 0 Å². The van der Waals surface area contributed by atoms with Crippen LogP contribution in [0.15, 0.2) is 106 Å². The molecule has 13 nitrogen and oxygen atoms in total. The van der Waals surface area contributed by atoms with E-state index in [0.717, 1.165) is 12.1 Å². The van der Waals surface area contributed by atoms with Crippen LogP contribution in [-0.2, 0) is 27.5 Å². The SMILES string of the molecule is CCC(=O)N1CC(C(=O)N(Cc2ccc(-c3nnc(C(F)F)o3)cc2F)c2ccccc2)C1.Cl.O=C(C1CNC1)N(Cc1ccc(-c2nnc(C(F)F)o2)cc1F)c1ccccc1. The molecule has 330 valence electrons. The molecule has 0 spiro atoms. The molecular weight excluding hydrogens is 858 g/mol. The van der Waals surface area contributed by atoms with E-state index in [1.54, 1.807) is 53.1 Å². The van der Waals surface area contributed by atoms with Crippen LogP contribution in [0.5, 0.6) is 0 Å². The predicted octanol–water partition coefficient (Wildman–Crippen LogP) is 8.20. The van der Waals surface area contributed by atoms with Gasteiger partial charge >= 0.3 is 12.9 Å².